The fourth-order valence-electron chi connectivity index (χ4n) is 3.19. The van der Waals surface area contributed by atoms with E-state index in [-0.39, 0.29) is 23.9 Å². The molecule has 0 radical (unpaired) electrons. The number of methoxy groups -OCH3 is 1. The third-order valence-corrected chi connectivity index (χ3v) is 8.18. The Morgan fingerprint density at radius 3 is 2.12 bits per heavy atom. The van der Waals surface area contributed by atoms with Crippen LogP contribution in [-0.2, 0) is 27.9 Å². The summed E-state index contributed by atoms with van der Waals surface area (Å²) in [7, 11) is -0.760. The quantitative estimate of drug-likeness (QED) is 0.327. The molecule has 0 bridgehead atoms. The van der Waals surface area contributed by atoms with Gasteiger partial charge in [-0.3, -0.25) is 4.79 Å². The van der Waals surface area contributed by atoms with E-state index in [0.717, 1.165) is 14.3 Å². The maximum atomic E-state index is 13.5. The predicted octanol–water partition coefficient (Wildman–Crippen LogP) is 5.61. The first-order chi connectivity index (χ1) is 16.1. The number of sulfonamides is 1. The molecule has 0 fully saturated rings. The van der Waals surface area contributed by atoms with E-state index in [4.69, 9.17) is 27.9 Å². The minimum atomic E-state index is -3.98. The lowest BCUT2D eigenvalue weighted by molar-refractivity contribution is -0.130. The number of rotatable bonds is 9. The molecule has 3 rings (SSSR count). The highest BCUT2D eigenvalue weighted by Crippen LogP contribution is 2.26. The van der Waals surface area contributed by atoms with Gasteiger partial charge in [0.2, 0.25) is 15.9 Å². The van der Waals surface area contributed by atoms with Gasteiger partial charge in [-0.05, 0) is 59.7 Å². The summed E-state index contributed by atoms with van der Waals surface area (Å²) in [6, 6.07) is 18.5. The van der Waals surface area contributed by atoms with Gasteiger partial charge in [0, 0.05) is 24.6 Å². The summed E-state index contributed by atoms with van der Waals surface area (Å²) >= 11 is 15.4. The van der Waals surface area contributed by atoms with Crippen LogP contribution in [0.2, 0.25) is 10.0 Å². The van der Waals surface area contributed by atoms with Crippen LogP contribution >= 0.6 is 39.1 Å². The summed E-state index contributed by atoms with van der Waals surface area (Å²) in [5.41, 5.74) is 1.50. The van der Waals surface area contributed by atoms with Crippen LogP contribution in [0.25, 0.3) is 0 Å². The molecule has 0 unspecified atom stereocenters. The van der Waals surface area contributed by atoms with Crippen molar-refractivity contribution in [3.05, 3.63) is 92.4 Å². The van der Waals surface area contributed by atoms with Gasteiger partial charge in [-0.15, -0.1) is 0 Å². The zero-order valence-corrected chi connectivity index (χ0v) is 22.5. The molecule has 0 heterocycles. The second-order valence-corrected chi connectivity index (χ2v) is 11.2. The number of nitrogens with zero attached hydrogens (tertiary/aromatic N) is 2. The summed E-state index contributed by atoms with van der Waals surface area (Å²) < 4.78 is 34.0. The molecule has 3 aromatic carbocycles. The fourth-order valence-corrected chi connectivity index (χ4v) is 5.15. The zero-order valence-electron chi connectivity index (χ0n) is 18.5. The van der Waals surface area contributed by atoms with E-state index in [1.54, 1.807) is 44.5 Å². The number of amides is 1. The van der Waals surface area contributed by atoms with Crippen LogP contribution < -0.4 is 4.74 Å². The summed E-state index contributed by atoms with van der Waals surface area (Å²) in [5.74, 6) is 0.364. The van der Waals surface area contributed by atoms with Gasteiger partial charge in [-0.1, -0.05) is 57.3 Å². The van der Waals surface area contributed by atoms with Gasteiger partial charge in [0.05, 0.1) is 28.6 Å². The molecule has 180 valence electrons. The molecule has 0 saturated carbocycles. The molecule has 3 aromatic rings. The number of hydrogen-bond acceptors (Lipinski definition) is 4. The third-order valence-electron chi connectivity index (χ3n) is 5.11. The van der Waals surface area contributed by atoms with Crippen LogP contribution in [0.15, 0.2) is 76.1 Å². The summed E-state index contributed by atoms with van der Waals surface area (Å²) in [6.45, 7) is -0.0650. The first-order valence-corrected chi connectivity index (χ1v) is 13.2. The first kappa shape index (κ1) is 26.5. The second kappa shape index (κ2) is 11.6. The summed E-state index contributed by atoms with van der Waals surface area (Å²) in [5, 5.41) is 0.672. The van der Waals surface area contributed by atoms with Crippen molar-refractivity contribution in [2.75, 3.05) is 20.7 Å². The Morgan fingerprint density at radius 1 is 0.912 bits per heavy atom. The van der Waals surface area contributed by atoms with Crippen LogP contribution in [0.3, 0.4) is 0 Å². The molecular formula is C24H23BrCl2N2O4S. The predicted molar refractivity (Wildman–Crippen MR) is 138 cm³/mol. The SMILES string of the molecule is COc1ccc(CN(C)C(=O)CN(Cc2ccc(Cl)c(Cl)c2)S(=O)(=O)c2ccc(Br)cc2)cc1. The maximum Gasteiger partial charge on any atom is 0.243 e. The van der Waals surface area contributed by atoms with Gasteiger partial charge < -0.3 is 9.64 Å². The van der Waals surface area contributed by atoms with Crippen molar-refractivity contribution in [1.82, 2.24) is 9.21 Å². The summed E-state index contributed by atoms with van der Waals surface area (Å²) in [6.07, 6.45) is 0. The lowest BCUT2D eigenvalue weighted by Crippen LogP contribution is -2.40. The Hall–Kier alpha value is -2.10. The maximum absolute atomic E-state index is 13.5. The largest absolute Gasteiger partial charge is 0.497 e. The van der Waals surface area contributed by atoms with Crippen molar-refractivity contribution in [1.29, 1.82) is 0 Å². The topological polar surface area (TPSA) is 66.9 Å². The van der Waals surface area contributed by atoms with Crippen molar-refractivity contribution in [2.45, 2.75) is 18.0 Å². The van der Waals surface area contributed by atoms with Crippen molar-refractivity contribution >= 4 is 55.1 Å². The van der Waals surface area contributed by atoms with E-state index in [9.17, 15) is 13.2 Å². The Bertz CT molecular complexity index is 1250. The van der Waals surface area contributed by atoms with Crippen LogP contribution in [-0.4, -0.2) is 44.2 Å². The van der Waals surface area contributed by atoms with Gasteiger partial charge in [-0.25, -0.2) is 8.42 Å². The Morgan fingerprint density at radius 2 is 1.53 bits per heavy atom. The molecule has 0 aliphatic carbocycles. The minimum absolute atomic E-state index is 0.0442. The van der Waals surface area contributed by atoms with Gasteiger partial charge in [0.25, 0.3) is 0 Å². The van der Waals surface area contributed by atoms with Gasteiger partial charge in [0.15, 0.2) is 0 Å². The highest BCUT2D eigenvalue weighted by molar-refractivity contribution is 9.10. The van der Waals surface area contributed by atoms with Gasteiger partial charge >= 0.3 is 0 Å². The smallest absolute Gasteiger partial charge is 0.243 e. The molecule has 0 aromatic heterocycles. The van der Waals surface area contributed by atoms with Crippen LogP contribution in [0.5, 0.6) is 5.75 Å². The molecule has 34 heavy (non-hydrogen) atoms. The molecule has 0 spiro atoms. The van der Waals surface area contributed by atoms with E-state index in [0.29, 0.717) is 27.9 Å². The fraction of sp³-hybridized carbons (Fsp3) is 0.208. The average Bonchev–Trinajstić information content (AvgIpc) is 2.81. The van der Waals surface area contributed by atoms with E-state index in [1.165, 1.54) is 17.0 Å². The first-order valence-electron chi connectivity index (χ1n) is 10.2. The molecule has 10 heteroatoms. The number of benzene rings is 3. The lowest BCUT2D eigenvalue weighted by atomic mass is 10.2. The molecule has 0 saturated heterocycles. The minimum Gasteiger partial charge on any atom is -0.497 e. The lowest BCUT2D eigenvalue weighted by Gasteiger charge is -2.25. The second-order valence-electron chi connectivity index (χ2n) is 7.57. The molecular weight excluding hydrogens is 563 g/mol. The highest BCUT2D eigenvalue weighted by Gasteiger charge is 2.28. The summed E-state index contributed by atoms with van der Waals surface area (Å²) in [4.78, 5) is 14.6. The molecule has 0 N–H and O–H groups in total. The van der Waals surface area contributed by atoms with Crippen LogP contribution in [0, 0.1) is 0 Å². The zero-order chi connectivity index (χ0) is 24.9. The van der Waals surface area contributed by atoms with Crippen molar-refractivity contribution < 1.29 is 17.9 Å². The average molecular weight is 586 g/mol. The van der Waals surface area contributed by atoms with Crippen molar-refractivity contribution in [2.24, 2.45) is 0 Å². The van der Waals surface area contributed by atoms with Crippen molar-refractivity contribution in [3.8, 4) is 5.75 Å². The normalized spacial score (nSPS) is 11.5. The Labute approximate surface area is 218 Å². The third kappa shape index (κ3) is 6.73. The molecule has 0 atom stereocenters. The number of carbonyl (C=O) groups excluding carboxylic acids is 1. The van der Waals surface area contributed by atoms with Crippen molar-refractivity contribution in [3.63, 3.8) is 0 Å². The molecule has 6 nitrogen and oxygen atoms in total. The van der Waals surface area contributed by atoms with Gasteiger partial charge in [0.1, 0.15) is 5.75 Å². The van der Waals surface area contributed by atoms with E-state index in [2.05, 4.69) is 15.9 Å². The number of likely N-dealkylation sites (N-methyl/N-ethyl adjacent to an activating group) is 1. The number of hydrogen-bond donors (Lipinski definition) is 0. The van der Waals surface area contributed by atoms with E-state index in [1.807, 2.05) is 24.3 Å². The molecule has 0 aliphatic rings. The van der Waals surface area contributed by atoms with Gasteiger partial charge in [-0.2, -0.15) is 4.31 Å². The van der Waals surface area contributed by atoms with E-state index >= 15 is 0 Å². The number of ether oxygens (including phenoxy) is 1. The molecule has 0 aliphatic heterocycles. The highest BCUT2D eigenvalue weighted by atomic mass is 79.9. The Balaban J connectivity index is 1.85. The van der Waals surface area contributed by atoms with E-state index < -0.39 is 10.0 Å². The van der Waals surface area contributed by atoms with Crippen LogP contribution in [0.1, 0.15) is 11.1 Å². The number of carbonyl (C=O) groups is 1. The standard InChI is InChI=1S/C24H23BrCl2N2O4S/c1-28(14-17-3-8-20(33-2)9-4-17)24(30)16-29(15-18-5-12-22(26)23(27)13-18)34(31,32)21-10-6-19(25)7-11-21/h3-13H,14-16H2,1-2H3. The van der Waals surface area contributed by atoms with Crippen LogP contribution in [0.4, 0.5) is 0 Å². The molecule has 1 amide bonds. The Kier molecular flexibility index (Phi) is 9.01. The number of halogens is 3. The monoisotopic (exact) mass is 584 g/mol.